The number of carbonyl (C=O) groups excluding carboxylic acids is 2. The fourth-order valence-electron chi connectivity index (χ4n) is 14.5. The average molecular weight is 1070 g/mol. The first-order chi connectivity index (χ1) is 41.5. The number of allylic oxidation sites excluding steroid dienone is 4. The van der Waals surface area contributed by atoms with E-state index in [4.69, 9.17) is 0 Å². The number of hydrogen-bond donors (Lipinski definition) is 0. The lowest BCUT2D eigenvalue weighted by atomic mass is 9.78. The molecule has 0 aromatic heterocycles. The third kappa shape index (κ3) is 7.47. The van der Waals surface area contributed by atoms with Crippen LogP contribution in [0, 0.1) is 0 Å². The lowest BCUT2D eigenvalue weighted by Gasteiger charge is -2.41. The van der Waals surface area contributed by atoms with E-state index >= 15 is 0 Å². The summed E-state index contributed by atoms with van der Waals surface area (Å²) >= 11 is 0. The minimum absolute atomic E-state index is 0.00122. The lowest BCUT2D eigenvalue weighted by Crippen LogP contribution is -2.47. The van der Waals surface area contributed by atoms with E-state index in [1.54, 1.807) is 0 Å². The molecule has 84 heavy (non-hydrogen) atoms. The van der Waals surface area contributed by atoms with Crippen molar-refractivity contribution in [2.75, 3.05) is 9.80 Å². The SMILES string of the molecule is O=C1c2ccccc2C2C=C(c3cccc(-c4ccc5c6ccccc6c6cc(-c7ccc8c(c7)c7ccccc7c7ccc(N9C(=O)c%10ccccc%10C%10C=C(c%11ccccc%11)C=CC%109)cc78)ccc6c5c4)c3)C=CC2N1c1ccccc1. The summed E-state index contributed by atoms with van der Waals surface area (Å²) in [6, 6.07) is 90.5. The molecule has 394 valence electrons. The standard InChI is InChI=1S/C80H52N2O2/c83-79-69-28-13-11-26-63(69)76-47-56(34-41-77(76)81(79)57-20-5-2-6-21-57)51-19-15-18-50(42-51)53-30-36-65-59-22-7-9-24-61(59)71-44-54(31-37-67(71)73(65)43-53)55-32-38-68-72(45-55)62-25-10-8-23-60(62)66-39-35-58(48-74(66)68)82-78-40-33-52(49-16-3-1-4-17-49)46-75(78)64-27-12-14-29-70(64)80(82)84/h1-48,75-78H. The topological polar surface area (TPSA) is 40.6 Å². The van der Waals surface area contributed by atoms with Crippen molar-refractivity contribution in [3.63, 3.8) is 0 Å². The summed E-state index contributed by atoms with van der Waals surface area (Å²) in [5.74, 6) is 0.0589. The van der Waals surface area contributed by atoms with Gasteiger partial charge in [0.05, 0.1) is 12.1 Å². The second kappa shape index (κ2) is 19.0. The molecule has 0 radical (unpaired) electrons. The van der Waals surface area contributed by atoms with Gasteiger partial charge in [0.2, 0.25) is 0 Å². The number of benzene rings is 13. The van der Waals surface area contributed by atoms with E-state index in [0.29, 0.717) is 0 Å². The largest absolute Gasteiger partial charge is 0.301 e. The Kier molecular flexibility index (Phi) is 10.8. The summed E-state index contributed by atoms with van der Waals surface area (Å²) in [6.45, 7) is 0. The Hall–Kier alpha value is -10.7. The minimum atomic E-state index is -0.176. The fraction of sp³-hybridized carbons (Fsp3) is 0.0500. The van der Waals surface area contributed by atoms with E-state index in [1.165, 1.54) is 59.6 Å². The molecule has 2 amide bonds. The predicted octanol–water partition coefficient (Wildman–Crippen LogP) is 19.5. The van der Waals surface area contributed by atoms with Gasteiger partial charge in [-0.2, -0.15) is 0 Å². The minimum Gasteiger partial charge on any atom is -0.301 e. The molecule has 0 saturated heterocycles. The van der Waals surface area contributed by atoms with Crippen LogP contribution in [-0.2, 0) is 0 Å². The maximum atomic E-state index is 14.8. The van der Waals surface area contributed by atoms with E-state index in [1.807, 2.05) is 70.5 Å². The molecule has 0 bridgehead atoms. The summed E-state index contributed by atoms with van der Waals surface area (Å²) in [6.07, 6.45) is 13.5. The van der Waals surface area contributed by atoms with Gasteiger partial charge < -0.3 is 9.80 Å². The van der Waals surface area contributed by atoms with Gasteiger partial charge in [-0.3, -0.25) is 9.59 Å². The number of hydrogen-bond acceptors (Lipinski definition) is 2. The zero-order valence-electron chi connectivity index (χ0n) is 45.7. The molecular formula is C80H52N2O2. The van der Waals surface area contributed by atoms with Gasteiger partial charge in [0.15, 0.2) is 0 Å². The van der Waals surface area contributed by atoms with Crippen LogP contribution in [0.1, 0.15) is 54.8 Å². The molecule has 13 aromatic carbocycles. The molecule has 2 aliphatic heterocycles. The highest BCUT2D eigenvalue weighted by Crippen LogP contribution is 2.47. The first-order valence-electron chi connectivity index (χ1n) is 29.1. The van der Waals surface area contributed by atoms with Crippen molar-refractivity contribution in [1.29, 1.82) is 0 Å². The molecule has 4 heteroatoms. The molecule has 0 fully saturated rings. The van der Waals surface area contributed by atoms with Gasteiger partial charge in [-0.1, -0.05) is 231 Å². The summed E-state index contributed by atoms with van der Waals surface area (Å²) < 4.78 is 0. The summed E-state index contributed by atoms with van der Waals surface area (Å²) in [5, 5.41) is 14.3. The van der Waals surface area contributed by atoms with Crippen molar-refractivity contribution >= 4 is 99.0 Å². The molecule has 0 spiro atoms. The van der Waals surface area contributed by atoms with Gasteiger partial charge in [0.25, 0.3) is 11.8 Å². The van der Waals surface area contributed by atoms with Gasteiger partial charge >= 0.3 is 0 Å². The number of nitrogens with zero attached hydrogens (tertiary/aromatic N) is 2. The molecule has 4 aliphatic rings. The normalized spacial score (nSPS) is 18.0. The van der Waals surface area contributed by atoms with E-state index in [0.717, 1.165) is 83.2 Å². The third-order valence-electron chi connectivity index (χ3n) is 18.5. The maximum absolute atomic E-state index is 14.8. The molecule has 4 nitrogen and oxygen atoms in total. The summed E-state index contributed by atoms with van der Waals surface area (Å²) in [7, 11) is 0. The predicted molar refractivity (Wildman–Crippen MR) is 349 cm³/mol. The lowest BCUT2D eigenvalue weighted by molar-refractivity contribution is 0.0962. The van der Waals surface area contributed by atoms with Crippen molar-refractivity contribution in [3.05, 3.63) is 325 Å². The average Bonchev–Trinajstić information content (AvgIpc) is 1.26. The molecule has 0 saturated carbocycles. The van der Waals surface area contributed by atoms with E-state index in [-0.39, 0.29) is 35.7 Å². The summed E-state index contributed by atoms with van der Waals surface area (Å²) in [5.41, 5.74) is 14.7. The van der Waals surface area contributed by atoms with Crippen LogP contribution in [-0.4, -0.2) is 23.9 Å². The molecular weight excluding hydrogens is 1020 g/mol. The monoisotopic (exact) mass is 1070 g/mol. The zero-order valence-corrected chi connectivity index (χ0v) is 45.7. The van der Waals surface area contributed by atoms with Crippen LogP contribution in [0.2, 0.25) is 0 Å². The van der Waals surface area contributed by atoms with Gasteiger partial charge in [-0.25, -0.2) is 0 Å². The molecule has 13 aromatic rings. The van der Waals surface area contributed by atoms with Crippen molar-refractivity contribution < 1.29 is 9.59 Å². The highest BCUT2D eigenvalue weighted by molar-refractivity contribution is 6.28. The molecule has 2 aliphatic carbocycles. The number of carbonyl (C=O) groups is 2. The Labute approximate surface area is 486 Å². The molecule has 17 rings (SSSR count). The van der Waals surface area contributed by atoms with Gasteiger partial charge in [0.1, 0.15) is 0 Å². The van der Waals surface area contributed by atoms with E-state index in [9.17, 15) is 9.59 Å². The number of anilines is 2. The number of rotatable bonds is 6. The quantitative estimate of drug-likeness (QED) is 0.156. The van der Waals surface area contributed by atoms with Gasteiger partial charge in [0, 0.05) is 34.3 Å². The molecule has 2 heterocycles. The maximum Gasteiger partial charge on any atom is 0.259 e. The second-order valence-electron chi connectivity index (χ2n) is 22.9. The Balaban J connectivity index is 0.748. The van der Waals surface area contributed by atoms with Crippen molar-refractivity contribution in [2.24, 2.45) is 0 Å². The Bertz CT molecular complexity index is 5110. The number of fused-ring (bicyclic) bond motifs is 18. The van der Waals surface area contributed by atoms with Crippen molar-refractivity contribution in [1.82, 2.24) is 0 Å². The third-order valence-corrected chi connectivity index (χ3v) is 18.5. The molecule has 4 atom stereocenters. The number of amides is 2. The first kappa shape index (κ1) is 48.1. The van der Waals surface area contributed by atoms with Crippen LogP contribution in [0.15, 0.2) is 291 Å². The Morgan fingerprint density at radius 1 is 0.262 bits per heavy atom. The molecule has 0 N–H and O–H groups in total. The van der Waals surface area contributed by atoms with E-state index in [2.05, 4.69) is 231 Å². The summed E-state index contributed by atoms with van der Waals surface area (Å²) in [4.78, 5) is 32.9. The second-order valence-corrected chi connectivity index (χ2v) is 22.9. The van der Waals surface area contributed by atoms with Crippen molar-refractivity contribution in [2.45, 2.75) is 23.9 Å². The van der Waals surface area contributed by atoms with Gasteiger partial charge in [-0.15, -0.1) is 0 Å². The first-order valence-corrected chi connectivity index (χ1v) is 29.1. The van der Waals surface area contributed by atoms with Crippen molar-refractivity contribution in [3.8, 4) is 22.3 Å². The fourth-order valence-corrected chi connectivity index (χ4v) is 14.5. The highest BCUT2D eigenvalue weighted by atomic mass is 16.2. The Morgan fingerprint density at radius 3 is 1.17 bits per heavy atom. The van der Waals surface area contributed by atoms with E-state index < -0.39 is 0 Å². The van der Waals surface area contributed by atoms with Crippen LogP contribution in [0.25, 0.3) is 98.0 Å². The smallest absolute Gasteiger partial charge is 0.259 e. The highest BCUT2D eigenvalue weighted by Gasteiger charge is 2.41. The molecule has 4 unspecified atom stereocenters. The number of para-hydroxylation sites is 1. The Morgan fingerprint density at radius 2 is 0.631 bits per heavy atom. The van der Waals surface area contributed by atoms with Crippen LogP contribution in [0.4, 0.5) is 11.4 Å². The van der Waals surface area contributed by atoms with Crippen LogP contribution >= 0.6 is 0 Å². The van der Waals surface area contributed by atoms with Crippen LogP contribution in [0.5, 0.6) is 0 Å². The van der Waals surface area contributed by atoms with Crippen LogP contribution in [0.3, 0.4) is 0 Å². The van der Waals surface area contributed by atoms with Gasteiger partial charge in [-0.05, 0) is 181 Å². The van der Waals surface area contributed by atoms with Crippen LogP contribution < -0.4 is 9.80 Å². The zero-order chi connectivity index (χ0) is 55.6.